The molecule has 158 valence electrons. The molecule has 0 aliphatic heterocycles. The summed E-state index contributed by atoms with van der Waals surface area (Å²) in [4.78, 5) is 31.7. The number of fused-ring (bicyclic) bond motifs is 1. The number of ether oxygens (including phenoxy) is 1. The van der Waals surface area contributed by atoms with Crippen molar-refractivity contribution >= 4 is 34.2 Å². The highest BCUT2D eigenvalue weighted by molar-refractivity contribution is 6.29. The van der Waals surface area contributed by atoms with Crippen molar-refractivity contribution in [3.63, 3.8) is 0 Å². The Morgan fingerprint density at radius 1 is 1.20 bits per heavy atom. The molecule has 8 heteroatoms. The minimum Gasteiger partial charge on any atom is -0.497 e. The quantitative estimate of drug-likeness (QED) is 0.380. The van der Waals surface area contributed by atoms with Crippen LogP contribution in [-0.4, -0.2) is 51.6 Å². The number of halogens is 1. The van der Waals surface area contributed by atoms with Gasteiger partial charge in [0.25, 0.3) is 0 Å². The molecule has 3 rings (SSSR count). The highest BCUT2D eigenvalue weighted by atomic mass is 35.5. The number of hydrogen-bond donors (Lipinski definition) is 0. The Morgan fingerprint density at radius 2 is 2.00 bits per heavy atom. The fraction of sp³-hybridized carbons (Fsp3) is 0.364. The first-order valence-electron chi connectivity index (χ1n) is 9.97. The van der Waals surface area contributed by atoms with Gasteiger partial charge in [-0.15, -0.1) is 0 Å². The van der Waals surface area contributed by atoms with Crippen molar-refractivity contribution < 1.29 is 14.3 Å². The van der Waals surface area contributed by atoms with Crippen LogP contribution in [0.3, 0.4) is 0 Å². The van der Waals surface area contributed by atoms with E-state index in [9.17, 15) is 9.59 Å². The first-order chi connectivity index (χ1) is 14.5. The maximum Gasteiger partial charge on any atom is 0.244 e. The lowest BCUT2D eigenvalue weighted by atomic mass is 10.1. The van der Waals surface area contributed by atoms with Crippen molar-refractivity contribution in [1.82, 2.24) is 19.7 Å². The van der Waals surface area contributed by atoms with E-state index in [4.69, 9.17) is 16.3 Å². The number of pyridine rings is 1. The molecular weight excluding hydrogens is 404 g/mol. The smallest absolute Gasteiger partial charge is 0.244 e. The summed E-state index contributed by atoms with van der Waals surface area (Å²) in [5.41, 5.74) is 1.31. The van der Waals surface area contributed by atoms with Crippen LogP contribution in [0.5, 0.6) is 5.75 Å². The second kappa shape index (κ2) is 9.71. The molecule has 0 aliphatic rings. The zero-order chi connectivity index (χ0) is 21.7. The van der Waals surface area contributed by atoms with Crippen LogP contribution in [0.25, 0.3) is 10.9 Å². The minimum absolute atomic E-state index is 0.0367. The summed E-state index contributed by atoms with van der Waals surface area (Å²) in [6.45, 7) is 5.43. The normalized spacial score (nSPS) is 10.9. The second-order valence-corrected chi connectivity index (χ2v) is 7.30. The molecule has 2 aromatic heterocycles. The first-order valence-corrected chi connectivity index (χ1v) is 10.3. The molecule has 2 heterocycles. The summed E-state index contributed by atoms with van der Waals surface area (Å²) in [6.07, 6.45) is 3.38. The number of rotatable bonds is 9. The van der Waals surface area contributed by atoms with Crippen LogP contribution in [0.1, 0.15) is 42.7 Å². The lowest BCUT2D eigenvalue weighted by molar-refractivity contribution is -0.131. The van der Waals surface area contributed by atoms with Gasteiger partial charge in [0, 0.05) is 36.3 Å². The van der Waals surface area contributed by atoms with E-state index in [1.165, 1.54) is 6.20 Å². The lowest BCUT2D eigenvalue weighted by Gasteiger charge is -2.20. The predicted octanol–water partition coefficient (Wildman–Crippen LogP) is 3.97. The third-order valence-corrected chi connectivity index (χ3v) is 5.19. The maximum absolute atomic E-state index is 13.1. The topological polar surface area (TPSA) is 77.3 Å². The summed E-state index contributed by atoms with van der Waals surface area (Å²) in [6, 6.07) is 8.52. The number of unbranched alkanes of at least 4 members (excludes halogenated alkanes) is 1. The summed E-state index contributed by atoms with van der Waals surface area (Å²) in [5, 5.41) is 5.47. The molecule has 0 atom stereocenters. The monoisotopic (exact) mass is 428 g/mol. The Hall–Kier alpha value is -2.93. The van der Waals surface area contributed by atoms with E-state index in [0.29, 0.717) is 40.5 Å². The van der Waals surface area contributed by atoms with Gasteiger partial charge in [-0.1, -0.05) is 24.9 Å². The van der Waals surface area contributed by atoms with Crippen LogP contribution in [-0.2, 0) is 11.3 Å². The number of nitrogens with zero attached hydrogens (tertiary/aromatic N) is 4. The zero-order valence-electron chi connectivity index (χ0n) is 17.4. The van der Waals surface area contributed by atoms with E-state index in [1.807, 2.05) is 11.8 Å². The molecule has 0 saturated carbocycles. The number of benzene rings is 1. The number of amides is 1. The number of methoxy groups -OCH3 is 1. The van der Waals surface area contributed by atoms with Crippen LogP contribution in [0, 0.1) is 0 Å². The molecule has 30 heavy (non-hydrogen) atoms. The van der Waals surface area contributed by atoms with Crippen LogP contribution in [0.4, 0.5) is 0 Å². The Balaban J connectivity index is 2.00. The number of likely N-dealkylation sites (N-methyl/N-ethyl adjacent to an activating group) is 1. The first kappa shape index (κ1) is 21.8. The van der Waals surface area contributed by atoms with Crippen LogP contribution in [0.15, 0.2) is 36.5 Å². The Kier molecular flexibility index (Phi) is 7.05. The molecule has 0 aliphatic carbocycles. The molecule has 1 amide bonds. The summed E-state index contributed by atoms with van der Waals surface area (Å²) >= 11 is 5.83. The molecule has 1 aromatic carbocycles. The minimum atomic E-state index is -0.279. The van der Waals surface area contributed by atoms with Gasteiger partial charge in [-0.3, -0.25) is 14.3 Å². The number of hydrogen-bond acceptors (Lipinski definition) is 5. The molecule has 0 spiro atoms. The van der Waals surface area contributed by atoms with Crippen molar-refractivity contribution in [3.8, 4) is 5.75 Å². The van der Waals surface area contributed by atoms with Crippen molar-refractivity contribution in [2.24, 2.45) is 0 Å². The summed E-state index contributed by atoms with van der Waals surface area (Å²) < 4.78 is 6.90. The largest absolute Gasteiger partial charge is 0.497 e. The van der Waals surface area contributed by atoms with Crippen molar-refractivity contribution in [2.45, 2.75) is 33.2 Å². The van der Waals surface area contributed by atoms with Gasteiger partial charge in [0.1, 0.15) is 23.1 Å². The molecule has 0 unspecified atom stereocenters. The van der Waals surface area contributed by atoms with Gasteiger partial charge in [-0.05, 0) is 37.6 Å². The van der Waals surface area contributed by atoms with Gasteiger partial charge < -0.3 is 9.64 Å². The highest BCUT2D eigenvalue weighted by Crippen LogP contribution is 2.26. The highest BCUT2D eigenvalue weighted by Gasteiger charge is 2.22. The average Bonchev–Trinajstić information content (AvgIpc) is 3.11. The number of carbonyl (C=O) groups excluding carboxylic acids is 2. The molecule has 7 nitrogen and oxygen atoms in total. The lowest BCUT2D eigenvalue weighted by Crippen LogP contribution is -2.34. The zero-order valence-corrected chi connectivity index (χ0v) is 18.1. The maximum atomic E-state index is 13.1. The van der Waals surface area contributed by atoms with Crippen molar-refractivity contribution in [2.75, 3.05) is 20.2 Å². The van der Waals surface area contributed by atoms with Crippen molar-refractivity contribution in [3.05, 3.63) is 52.9 Å². The van der Waals surface area contributed by atoms with Gasteiger partial charge in [0.05, 0.1) is 12.6 Å². The molecule has 0 saturated heterocycles. The van der Waals surface area contributed by atoms with E-state index in [1.54, 1.807) is 42.1 Å². The summed E-state index contributed by atoms with van der Waals surface area (Å²) in [5.74, 6) is 0.311. The molecule has 0 N–H and O–H groups in total. The second-order valence-electron chi connectivity index (χ2n) is 6.92. The molecule has 0 bridgehead atoms. The van der Waals surface area contributed by atoms with E-state index < -0.39 is 0 Å². The van der Waals surface area contributed by atoms with Gasteiger partial charge in [-0.2, -0.15) is 5.10 Å². The number of carbonyl (C=O) groups is 2. The van der Waals surface area contributed by atoms with E-state index in [0.717, 1.165) is 12.8 Å². The van der Waals surface area contributed by atoms with Gasteiger partial charge in [0.15, 0.2) is 0 Å². The standard InChI is InChI=1S/C22H25ClN4O3/c1-4-6-11-26(5-2)20(28)14-27-18-12-16(30-3)8-9-17(18)21(25-27)22(29)15-7-10-19(23)24-13-15/h7-10,12-13H,4-6,11,14H2,1-3H3. The third kappa shape index (κ3) is 4.62. The van der Waals surface area contributed by atoms with E-state index >= 15 is 0 Å². The molecule has 0 radical (unpaired) electrons. The van der Waals surface area contributed by atoms with Crippen molar-refractivity contribution in [1.29, 1.82) is 0 Å². The molecule has 3 aromatic rings. The summed E-state index contributed by atoms with van der Waals surface area (Å²) in [7, 11) is 1.57. The third-order valence-electron chi connectivity index (χ3n) is 4.96. The number of aromatic nitrogens is 3. The van der Waals surface area contributed by atoms with E-state index in [-0.39, 0.29) is 23.9 Å². The fourth-order valence-electron chi connectivity index (χ4n) is 3.25. The fourth-order valence-corrected chi connectivity index (χ4v) is 3.36. The van der Waals surface area contributed by atoms with Gasteiger partial charge >= 0.3 is 0 Å². The van der Waals surface area contributed by atoms with Gasteiger partial charge in [0.2, 0.25) is 11.7 Å². The van der Waals surface area contributed by atoms with Gasteiger partial charge in [-0.25, -0.2) is 4.98 Å². The van der Waals surface area contributed by atoms with Crippen LogP contribution >= 0.6 is 11.6 Å². The Morgan fingerprint density at radius 3 is 2.63 bits per heavy atom. The molecule has 0 fully saturated rings. The van der Waals surface area contributed by atoms with Crippen LogP contribution in [0.2, 0.25) is 5.15 Å². The Labute approximate surface area is 180 Å². The predicted molar refractivity (Wildman–Crippen MR) is 116 cm³/mol. The molecular formula is C22H25ClN4O3. The van der Waals surface area contributed by atoms with E-state index in [2.05, 4.69) is 17.0 Å². The number of ketones is 1. The Bertz CT molecular complexity index is 1050. The SMILES string of the molecule is CCCCN(CC)C(=O)Cn1nc(C(=O)c2ccc(Cl)nc2)c2ccc(OC)cc21. The van der Waals surface area contributed by atoms with Crippen LogP contribution < -0.4 is 4.74 Å². The average molecular weight is 429 g/mol.